The van der Waals surface area contributed by atoms with Gasteiger partial charge in [-0.15, -0.1) is 0 Å². The molecule has 0 amide bonds. The lowest BCUT2D eigenvalue weighted by atomic mass is 10.4. The zero-order chi connectivity index (χ0) is 10.1. The fourth-order valence-corrected chi connectivity index (χ4v) is 1.02. The average Bonchev–Trinajstić information content (AvgIpc) is 2.05. The Morgan fingerprint density at radius 2 is 2.08 bits per heavy atom. The highest BCUT2D eigenvalue weighted by Crippen LogP contribution is 2.07. The third kappa shape index (κ3) is 7.91. The summed E-state index contributed by atoms with van der Waals surface area (Å²) in [5, 5.41) is 0. The van der Waals surface area contributed by atoms with Crippen LogP contribution in [-0.2, 0) is 9.47 Å². The Labute approximate surface area is 84.4 Å². The van der Waals surface area contributed by atoms with E-state index in [4.69, 9.17) is 21.1 Å². The second-order valence-electron chi connectivity index (χ2n) is 2.77. The molecular formula is C9H17ClO3. The molecule has 0 saturated carbocycles. The van der Waals surface area contributed by atoms with Crippen molar-refractivity contribution in [2.24, 2.45) is 0 Å². The minimum absolute atomic E-state index is 0.408. The number of carbonyl (C=O) groups is 1. The van der Waals surface area contributed by atoms with Gasteiger partial charge in [0.1, 0.15) is 0 Å². The lowest BCUT2D eigenvalue weighted by Gasteiger charge is -2.09. The molecule has 0 rings (SSSR count). The summed E-state index contributed by atoms with van der Waals surface area (Å²) in [4.78, 5) is 10.9. The number of carbonyl (C=O) groups excluding carboxylic acids is 1. The number of alkyl halides is 1. The number of rotatable bonds is 6. The van der Waals surface area contributed by atoms with E-state index in [1.165, 1.54) is 0 Å². The topological polar surface area (TPSA) is 35.5 Å². The first-order valence-electron chi connectivity index (χ1n) is 4.68. The number of hydrogen-bond donors (Lipinski definition) is 0. The molecule has 0 aliphatic carbocycles. The molecule has 78 valence electrons. The van der Waals surface area contributed by atoms with Crippen LogP contribution in [0.3, 0.4) is 0 Å². The lowest BCUT2D eigenvalue weighted by Crippen LogP contribution is -2.14. The lowest BCUT2D eigenvalue weighted by molar-refractivity contribution is 0.0430. The zero-order valence-electron chi connectivity index (χ0n) is 8.22. The van der Waals surface area contributed by atoms with Crippen LogP contribution in [0.25, 0.3) is 0 Å². The van der Waals surface area contributed by atoms with Crippen LogP contribution in [0.5, 0.6) is 0 Å². The zero-order valence-corrected chi connectivity index (χ0v) is 8.97. The van der Waals surface area contributed by atoms with Gasteiger partial charge >= 0.3 is 6.16 Å². The Morgan fingerprint density at radius 3 is 2.62 bits per heavy atom. The van der Waals surface area contributed by atoms with E-state index in [1.54, 1.807) is 0 Å². The van der Waals surface area contributed by atoms with E-state index in [1.807, 2.05) is 13.8 Å². The summed E-state index contributed by atoms with van der Waals surface area (Å²) in [7, 11) is 0. The first-order valence-corrected chi connectivity index (χ1v) is 5.11. The summed E-state index contributed by atoms with van der Waals surface area (Å²) in [5.74, 6) is 0. The van der Waals surface area contributed by atoms with Gasteiger partial charge in [-0.1, -0.05) is 38.3 Å². The van der Waals surface area contributed by atoms with Crippen molar-refractivity contribution >= 4 is 17.8 Å². The molecule has 0 aliphatic rings. The van der Waals surface area contributed by atoms with Gasteiger partial charge in [0, 0.05) is 0 Å². The maximum Gasteiger partial charge on any atom is 0.509 e. The molecule has 0 aliphatic heterocycles. The highest BCUT2D eigenvalue weighted by atomic mass is 35.5. The highest BCUT2D eigenvalue weighted by molar-refractivity contribution is 6.20. The third-order valence-corrected chi connectivity index (χ3v) is 1.76. The number of ether oxygens (including phenoxy) is 2. The molecule has 0 spiro atoms. The van der Waals surface area contributed by atoms with Crippen LogP contribution in [0.2, 0.25) is 0 Å². The molecule has 0 N–H and O–H groups in total. The molecule has 0 aromatic heterocycles. The van der Waals surface area contributed by atoms with E-state index in [0.717, 1.165) is 19.3 Å². The van der Waals surface area contributed by atoms with Crippen LogP contribution in [0, 0.1) is 0 Å². The number of unbranched alkanes of at least 4 members (excludes halogenated alkanes) is 1. The van der Waals surface area contributed by atoms with Gasteiger partial charge in [0.25, 0.3) is 0 Å². The van der Waals surface area contributed by atoms with E-state index in [2.05, 4.69) is 0 Å². The molecule has 0 aromatic carbocycles. The van der Waals surface area contributed by atoms with Gasteiger partial charge in [0.05, 0.1) is 6.61 Å². The Kier molecular flexibility index (Phi) is 7.90. The molecule has 0 heterocycles. The quantitative estimate of drug-likeness (QED) is 0.382. The van der Waals surface area contributed by atoms with Crippen LogP contribution in [-0.4, -0.2) is 18.3 Å². The molecule has 3 nitrogen and oxygen atoms in total. The maximum absolute atomic E-state index is 10.9. The standard InChI is InChI=1S/C9H17ClO3/c1-3-5-7-12-9(11)13-8(10)6-4-2/h8H,3-7H2,1-2H3. The summed E-state index contributed by atoms with van der Waals surface area (Å²) in [6.07, 6.45) is 2.73. The van der Waals surface area contributed by atoms with Crippen molar-refractivity contribution in [2.45, 2.75) is 45.1 Å². The van der Waals surface area contributed by atoms with E-state index in [-0.39, 0.29) is 0 Å². The van der Waals surface area contributed by atoms with Gasteiger partial charge in [-0.25, -0.2) is 4.79 Å². The van der Waals surface area contributed by atoms with Crippen molar-refractivity contribution in [2.75, 3.05) is 6.61 Å². The normalized spacial score (nSPS) is 12.2. The van der Waals surface area contributed by atoms with Gasteiger partial charge in [-0.3, -0.25) is 0 Å². The third-order valence-electron chi connectivity index (χ3n) is 1.46. The SMILES string of the molecule is CCCCOC(=O)OC(Cl)CCC. The van der Waals surface area contributed by atoms with E-state index >= 15 is 0 Å². The predicted octanol–water partition coefficient (Wildman–Crippen LogP) is 3.30. The van der Waals surface area contributed by atoms with Gasteiger partial charge in [-0.2, -0.15) is 0 Å². The van der Waals surface area contributed by atoms with Crippen molar-refractivity contribution in [3.8, 4) is 0 Å². The van der Waals surface area contributed by atoms with E-state index < -0.39 is 11.7 Å². The second-order valence-corrected chi connectivity index (χ2v) is 3.26. The molecule has 0 saturated heterocycles. The second kappa shape index (κ2) is 8.17. The minimum atomic E-state index is -0.665. The molecule has 13 heavy (non-hydrogen) atoms. The molecule has 0 fully saturated rings. The first kappa shape index (κ1) is 12.6. The van der Waals surface area contributed by atoms with Crippen molar-refractivity contribution in [3.05, 3.63) is 0 Å². The number of hydrogen-bond acceptors (Lipinski definition) is 3. The highest BCUT2D eigenvalue weighted by Gasteiger charge is 2.10. The average molecular weight is 209 g/mol. The first-order chi connectivity index (χ1) is 6.20. The predicted molar refractivity (Wildman–Crippen MR) is 51.9 cm³/mol. The molecular weight excluding hydrogens is 192 g/mol. The van der Waals surface area contributed by atoms with Crippen molar-refractivity contribution in [1.82, 2.24) is 0 Å². The van der Waals surface area contributed by atoms with Crippen molar-refractivity contribution in [1.29, 1.82) is 0 Å². The molecule has 0 bridgehead atoms. The summed E-state index contributed by atoms with van der Waals surface area (Å²) < 4.78 is 9.50. The van der Waals surface area contributed by atoms with E-state index in [0.29, 0.717) is 13.0 Å². The summed E-state index contributed by atoms with van der Waals surface area (Å²) >= 11 is 5.67. The van der Waals surface area contributed by atoms with Crippen molar-refractivity contribution in [3.63, 3.8) is 0 Å². The Hall–Kier alpha value is -0.440. The molecule has 0 radical (unpaired) electrons. The van der Waals surface area contributed by atoms with Crippen LogP contribution < -0.4 is 0 Å². The molecule has 1 unspecified atom stereocenters. The Morgan fingerprint density at radius 1 is 1.38 bits per heavy atom. The summed E-state index contributed by atoms with van der Waals surface area (Å²) in [6, 6.07) is 0. The van der Waals surface area contributed by atoms with E-state index in [9.17, 15) is 4.79 Å². The Bertz CT molecular complexity index is 139. The summed E-state index contributed by atoms with van der Waals surface area (Å²) in [5.41, 5.74) is -0.556. The van der Waals surface area contributed by atoms with Gasteiger partial charge in [0.15, 0.2) is 5.56 Å². The van der Waals surface area contributed by atoms with Gasteiger partial charge in [-0.05, 0) is 12.8 Å². The van der Waals surface area contributed by atoms with Gasteiger partial charge < -0.3 is 9.47 Å². The van der Waals surface area contributed by atoms with Crippen molar-refractivity contribution < 1.29 is 14.3 Å². The molecule has 1 atom stereocenters. The number of halogens is 1. The summed E-state index contributed by atoms with van der Waals surface area (Å²) in [6.45, 7) is 4.41. The van der Waals surface area contributed by atoms with Crippen LogP contribution in [0.15, 0.2) is 0 Å². The fourth-order valence-electron chi connectivity index (χ4n) is 0.724. The molecule has 0 aromatic rings. The minimum Gasteiger partial charge on any atom is -0.434 e. The Balaban J connectivity index is 3.38. The van der Waals surface area contributed by atoms with Gasteiger partial charge in [0.2, 0.25) is 0 Å². The smallest absolute Gasteiger partial charge is 0.434 e. The fraction of sp³-hybridized carbons (Fsp3) is 0.889. The largest absolute Gasteiger partial charge is 0.509 e. The molecule has 4 heteroatoms. The van der Waals surface area contributed by atoms with Crippen LogP contribution >= 0.6 is 11.6 Å². The monoisotopic (exact) mass is 208 g/mol. The van der Waals surface area contributed by atoms with Crippen LogP contribution in [0.1, 0.15) is 39.5 Å². The maximum atomic E-state index is 10.9. The van der Waals surface area contributed by atoms with Crippen LogP contribution in [0.4, 0.5) is 4.79 Å².